The lowest BCUT2D eigenvalue weighted by molar-refractivity contribution is -0.158. The van der Waals surface area contributed by atoms with Gasteiger partial charge in [0.05, 0.1) is 6.61 Å². The molecule has 1 saturated heterocycles. The number of halogens is 1. The number of benzene rings is 1. The maximum atomic E-state index is 12.3. The van der Waals surface area contributed by atoms with Gasteiger partial charge in [-0.2, -0.15) is 0 Å². The van der Waals surface area contributed by atoms with E-state index in [1.807, 2.05) is 18.2 Å². The van der Waals surface area contributed by atoms with Crippen LogP contribution < -0.4 is 27.3 Å². The first kappa shape index (κ1) is 29.3. The molecule has 0 saturated carbocycles. The van der Waals surface area contributed by atoms with Gasteiger partial charge in [-0.25, -0.2) is 9.97 Å². The summed E-state index contributed by atoms with van der Waals surface area (Å²) in [5.74, 6) is -1.30. The van der Waals surface area contributed by atoms with Crippen molar-refractivity contribution >= 4 is 35.1 Å². The van der Waals surface area contributed by atoms with E-state index in [1.54, 1.807) is 19.9 Å². The van der Waals surface area contributed by atoms with Crippen molar-refractivity contribution in [3.8, 4) is 5.75 Å². The number of nitrogen functional groups attached to an aromatic ring is 2. The lowest BCUT2D eigenvalue weighted by atomic mass is 10.1. The third-order valence-electron chi connectivity index (χ3n) is 5.62. The summed E-state index contributed by atoms with van der Waals surface area (Å²) in [6.07, 6.45) is 0.00429. The molecule has 1 fully saturated rings. The molecule has 0 radical (unpaired) electrons. The number of aliphatic hydroxyl groups is 2. The molecule has 208 valence electrons. The maximum Gasteiger partial charge on any atom is 0.280 e. The second kappa shape index (κ2) is 13.0. The zero-order valence-corrected chi connectivity index (χ0v) is 22.0. The van der Waals surface area contributed by atoms with E-state index in [9.17, 15) is 15.0 Å². The summed E-state index contributed by atoms with van der Waals surface area (Å²) in [5.41, 5.74) is 17.8. The van der Waals surface area contributed by atoms with Crippen molar-refractivity contribution < 1.29 is 29.2 Å². The number of ether oxygens (including phenoxy) is 3. The van der Waals surface area contributed by atoms with Crippen molar-refractivity contribution in [3.63, 3.8) is 0 Å². The van der Waals surface area contributed by atoms with Gasteiger partial charge in [0.1, 0.15) is 30.7 Å². The van der Waals surface area contributed by atoms with Crippen LogP contribution in [0, 0.1) is 0 Å². The number of amides is 1. The Morgan fingerprint density at radius 2 is 2.03 bits per heavy atom. The molecular formula is C24H34ClN7O6. The van der Waals surface area contributed by atoms with Gasteiger partial charge in [-0.3, -0.25) is 15.1 Å². The number of nitrogens with one attached hydrogen (secondary N) is 1. The minimum Gasteiger partial charge on any atom is -0.491 e. The van der Waals surface area contributed by atoms with E-state index < -0.39 is 30.0 Å². The van der Waals surface area contributed by atoms with Crippen LogP contribution in [-0.2, 0) is 15.9 Å². The number of hydrogen-bond donors (Lipinski definition) is 6. The molecule has 0 aliphatic carbocycles. The summed E-state index contributed by atoms with van der Waals surface area (Å²) in [6, 6.07) is 7.54. The number of aryl methyl sites for hydroxylation is 1. The highest BCUT2D eigenvalue weighted by atomic mass is 35.5. The first-order chi connectivity index (χ1) is 18.0. The Kier molecular flexibility index (Phi) is 10.1. The SMILES string of the molecule is CC1(C)O[C@H]([C@H](O)COc2cccc(CCCCN=C(N)NC(=O)c3nc(Cl)c(N)nc3N)c2)[C@@H](CO)O1. The number of guanidine groups is 1. The number of rotatable bonds is 11. The van der Waals surface area contributed by atoms with Gasteiger partial charge in [-0.1, -0.05) is 23.7 Å². The van der Waals surface area contributed by atoms with Gasteiger partial charge in [0.25, 0.3) is 5.91 Å². The van der Waals surface area contributed by atoms with Crippen molar-refractivity contribution in [1.82, 2.24) is 15.3 Å². The fourth-order valence-corrected chi connectivity index (χ4v) is 3.99. The minimum atomic E-state index is -0.970. The highest BCUT2D eigenvalue weighted by molar-refractivity contribution is 6.31. The Labute approximate surface area is 225 Å². The number of aromatic nitrogens is 2. The third-order valence-corrected chi connectivity index (χ3v) is 5.90. The van der Waals surface area contributed by atoms with Crippen molar-refractivity contribution in [2.24, 2.45) is 10.7 Å². The van der Waals surface area contributed by atoms with E-state index in [2.05, 4.69) is 20.3 Å². The molecule has 1 aliphatic rings. The van der Waals surface area contributed by atoms with E-state index in [0.29, 0.717) is 18.7 Å². The van der Waals surface area contributed by atoms with E-state index in [4.69, 9.17) is 43.0 Å². The predicted molar refractivity (Wildman–Crippen MR) is 142 cm³/mol. The number of aliphatic hydroxyl groups excluding tert-OH is 2. The topological polar surface area (TPSA) is 213 Å². The van der Waals surface area contributed by atoms with Crippen LogP contribution in [0.15, 0.2) is 29.3 Å². The zero-order valence-electron chi connectivity index (χ0n) is 21.3. The zero-order chi connectivity index (χ0) is 27.9. The first-order valence-electron chi connectivity index (χ1n) is 12.0. The van der Waals surface area contributed by atoms with Crippen molar-refractivity contribution in [2.45, 2.75) is 57.2 Å². The second-order valence-corrected chi connectivity index (χ2v) is 9.52. The molecule has 1 aromatic carbocycles. The fourth-order valence-electron chi connectivity index (χ4n) is 3.86. The number of nitrogens with two attached hydrogens (primary N) is 3. The number of aliphatic imine (C=N–C) groups is 1. The average Bonchev–Trinajstić information content (AvgIpc) is 3.19. The second-order valence-electron chi connectivity index (χ2n) is 9.16. The molecule has 0 bridgehead atoms. The molecule has 1 amide bonds. The minimum absolute atomic E-state index is 0.0103. The number of hydrogen-bond acceptors (Lipinski definition) is 11. The van der Waals surface area contributed by atoms with E-state index in [0.717, 1.165) is 18.4 Å². The normalized spacial score (nSPS) is 19.8. The molecule has 3 atom stereocenters. The summed E-state index contributed by atoms with van der Waals surface area (Å²) in [4.78, 5) is 24.0. The maximum absolute atomic E-state index is 12.3. The van der Waals surface area contributed by atoms with Crippen LogP contribution in [-0.4, -0.2) is 75.9 Å². The number of unbranched alkanes of at least 4 members (excludes halogenated alkanes) is 1. The van der Waals surface area contributed by atoms with Gasteiger partial charge in [0.15, 0.2) is 34.2 Å². The number of anilines is 2. The van der Waals surface area contributed by atoms with Crippen LogP contribution in [0.25, 0.3) is 0 Å². The van der Waals surface area contributed by atoms with Crippen molar-refractivity contribution in [3.05, 3.63) is 40.7 Å². The predicted octanol–water partition coefficient (Wildman–Crippen LogP) is 0.614. The Balaban J connectivity index is 1.41. The number of carbonyl (C=O) groups is 1. The monoisotopic (exact) mass is 551 g/mol. The van der Waals surface area contributed by atoms with Gasteiger partial charge in [0.2, 0.25) is 0 Å². The average molecular weight is 552 g/mol. The Morgan fingerprint density at radius 3 is 2.76 bits per heavy atom. The lowest BCUT2D eigenvalue weighted by Crippen LogP contribution is -2.40. The lowest BCUT2D eigenvalue weighted by Gasteiger charge is -2.22. The molecule has 14 heteroatoms. The smallest absolute Gasteiger partial charge is 0.280 e. The number of nitrogens with zero attached hydrogens (tertiary/aromatic N) is 3. The van der Waals surface area contributed by atoms with Gasteiger partial charge in [0, 0.05) is 6.54 Å². The largest absolute Gasteiger partial charge is 0.491 e. The van der Waals surface area contributed by atoms with Gasteiger partial charge in [-0.15, -0.1) is 0 Å². The molecule has 1 aromatic heterocycles. The molecule has 1 aliphatic heterocycles. The van der Waals surface area contributed by atoms with Gasteiger partial charge < -0.3 is 41.6 Å². The van der Waals surface area contributed by atoms with Gasteiger partial charge >= 0.3 is 0 Å². The first-order valence-corrected chi connectivity index (χ1v) is 12.4. The van der Waals surface area contributed by atoms with Crippen LogP contribution in [0.3, 0.4) is 0 Å². The highest BCUT2D eigenvalue weighted by Crippen LogP contribution is 2.30. The van der Waals surface area contributed by atoms with Crippen LogP contribution in [0.5, 0.6) is 5.75 Å². The van der Waals surface area contributed by atoms with Crippen LogP contribution >= 0.6 is 11.6 Å². The Morgan fingerprint density at radius 1 is 1.26 bits per heavy atom. The molecule has 13 nitrogen and oxygen atoms in total. The Hall–Kier alpha value is -3.23. The van der Waals surface area contributed by atoms with E-state index in [-0.39, 0.29) is 41.7 Å². The summed E-state index contributed by atoms with van der Waals surface area (Å²) in [5, 5.41) is 22.3. The molecule has 9 N–H and O–H groups in total. The van der Waals surface area contributed by atoms with Crippen LogP contribution in [0.4, 0.5) is 11.6 Å². The summed E-state index contributed by atoms with van der Waals surface area (Å²) in [7, 11) is 0. The van der Waals surface area contributed by atoms with Crippen LogP contribution in [0.1, 0.15) is 42.7 Å². The summed E-state index contributed by atoms with van der Waals surface area (Å²) >= 11 is 5.79. The molecule has 2 heterocycles. The van der Waals surface area contributed by atoms with Gasteiger partial charge in [-0.05, 0) is 50.8 Å². The fraction of sp³-hybridized carbons (Fsp3) is 0.500. The van der Waals surface area contributed by atoms with Crippen molar-refractivity contribution in [1.29, 1.82) is 0 Å². The standard InChI is InChI=1S/C24H34ClN7O6/c1-24(2)37-16(11-33)18(38-24)15(34)12-36-14-8-5-7-13(10-14)6-3-4-9-29-23(28)32-22(35)17-20(26)31-21(27)19(25)30-17/h5,7-8,10,15-16,18,33-34H,3-4,6,9,11-12H2,1-2H3,(H4,26,27,31)(H3,28,29,32,35)/t15-,16-,18-/m1/s1. The number of carbonyl (C=O) groups excluding carboxylic acids is 1. The summed E-state index contributed by atoms with van der Waals surface area (Å²) in [6.45, 7) is 3.58. The molecular weight excluding hydrogens is 518 g/mol. The van der Waals surface area contributed by atoms with Crippen LogP contribution in [0.2, 0.25) is 5.15 Å². The molecule has 0 unspecified atom stereocenters. The molecule has 38 heavy (non-hydrogen) atoms. The summed E-state index contributed by atoms with van der Waals surface area (Å²) < 4.78 is 17.0. The highest BCUT2D eigenvalue weighted by Gasteiger charge is 2.44. The molecule has 2 aromatic rings. The third kappa shape index (κ3) is 8.13. The quantitative estimate of drug-likeness (QED) is 0.129. The van der Waals surface area contributed by atoms with Crippen molar-refractivity contribution in [2.75, 3.05) is 31.2 Å². The Bertz CT molecular complexity index is 1150. The van der Waals surface area contributed by atoms with E-state index >= 15 is 0 Å². The van der Waals surface area contributed by atoms with E-state index in [1.165, 1.54) is 0 Å². The molecule has 3 rings (SSSR count). The molecule has 0 spiro atoms.